The normalized spacial score (nSPS) is 11.6. The molecule has 0 aliphatic carbocycles. The van der Waals surface area contributed by atoms with E-state index in [0.717, 1.165) is 60.9 Å². The molecule has 55 heavy (non-hydrogen) atoms. The minimum Gasteiger partial charge on any atom is -0.456 e. The fraction of sp³-hybridized carbons (Fsp3) is 0. The van der Waals surface area contributed by atoms with E-state index in [1.807, 2.05) is 48.5 Å². The molecule has 0 aliphatic heterocycles. The molecular formula is C51H31N3O. The first-order valence-electron chi connectivity index (χ1n) is 18.5. The Hall–Kier alpha value is -7.43. The third-order valence-corrected chi connectivity index (χ3v) is 10.7. The molecule has 0 unspecified atom stereocenters. The SMILES string of the molecule is c1ccc(-c2ccc3c(c2)oc2cccc(-c4nc(-c5ccccc5)nc(-c5ccccc5-c5ccc6c(ccc7ccc8ccccc8c76)c5)n4)c23)cc1. The number of benzene rings is 9. The van der Waals surface area contributed by atoms with Crippen LogP contribution >= 0.6 is 0 Å². The second kappa shape index (κ2) is 12.6. The molecule has 0 aliphatic rings. The maximum atomic E-state index is 6.50. The van der Waals surface area contributed by atoms with Gasteiger partial charge >= 0.3 is 0 Å². The van der Waals surface area contributed by atoms with Crippen LogP contribution in [0, 0.1) is 0 Å². The molecule has 0 spiro atoms. The summed E-state index contributed by atoms with van der Waals surface area (Å²) in [6.07, 6.45) is 0. The Kier molecular flexibility index (Phi) is 7.14. The van der Waals surface area contributed by atoms with E-state index in [1.54, 1.807) is 0 Å². The zero-order valence-electron chi connectivity index (χ0n) is 29.6. The summed E-state index contributed by atoms with van der Waals surface area (Å²) in [6.45, 7) is 0. The van der Waals surface area contributed by atoms with Gasteiger partial charge in [0.2, 0.25) is 0 Å². The van der Waals surface area contributed by atoms with Crippen LogP contribution in [0.2, 0.25) is 0 Å². The lowest BCUT2D eigenvalue weighted by atomic mass is 9.93. The number of nitrogens with zero attached hydrogens (tertiary/aromatic N) is 3. The Bertz CT molecular complexity index is 3260. The highest BCUT2D eigenvalue weighted by atomic mass is 16.3. The van der Waals surface area contributed by atoms with Gasteiger partial charge in [0, 0.05) is 27.5 Å². The molecule has 0 atom stereocenters. The van der Waals surface area contributed by atoms with Gasteiger partial charge in [0.1, 0.15) is 11.2 Å². The third kappa shape index (κ3) is 5.26. The van der Waals surface area contributed by atoms with Crippen molar-refractivity contribution in [3.8, 4) is 56.4 Å². The van der Waals surface area contributed by atoms with Gasteiger partial charge in [0.15, 0.2) is 17.5 Å². The molecular weight excluding hydrogens is 671 g/mol. The first-order valence-corrected chi connectivity index (χ1v) is 18.5. The largest absolute Gasteiger partial charge is 0.456 e. The van der Waals surface area contributed by atoms with E-state index in [1.165, 1.54) is 32.3 Å². The lowest BCUT2D eigenvalue weighted by Gasteiger charge is -2.14. The Morgan fingerprint density at radius 3 is 1.73 bits per heavy atom. The molecule has 256 valence electrons. The standard InChI is InChI=1S/C51H31N3O/c1-3-12-32(13-4-1)36-26-29-43-46(31-36)55-45-21-11-20-44(48(43)45)51-53-49(35-15-5-2-6-16-35)52-50(54-51)42-19-10-9-17-39(42)37-27-28-41-38(30-37)25-24-34-23-22-33-14-7-8-18-40(33)47(34)41/h1-31H. The van der Waals surface area contributed by atoms with Crippen molar-refractivity contribution >= 4 is 54.3 Å². The number of hydrogen-bond donors (Lipinski definition) is 0. The number of fused-ring (bicyclic) bond motifs is 8. The van der Waals surface area contributed by atoms with Gasteiger partial charge in [-0.2, -0.15) is 0 Å². The van der Waals surface area contributed by atoms with E-state index in [4.69, 9.17) is 19.4 Å². The predicted octanol–water partition coefficient (Wildman–Crippen LogP) is 13.6. The van der Waals surface area contributed by atoms with E-state index in [-0.39, 0.29) is 0 Å². The molecule has 0 radical (unpaired) electrons. The maximum Gasteiger partial charge on any atom is 0.164 e. The molecule has 2 heterocycles. The van der Waals surface area contributed by atoms with E-state index in [2.05, 4.69) is 140 Å². The van der Waals surface area contributed by atoms with Gasteiger partial charge in [0.25, 0.3) is 0 Å². The molecule has 0 amide bonds. The van der Waals surface area contributed by atoms with Crippen LogP contribution in [0.5, 0.6) is 0 Å². The zero-order chi connectivity index (χ0) is 36.3. The number of rotatable bonds is 5. The summed E-state index contributed by atoms with van der Waals surface area (Å²) < 4.78 is 6.50. The summed E-state index contributed by atoms with van der Waals surface area (Å²) in [6, 6.07) is 65.7. The topological polar surface area (TPSA) is 51.8 Å². The lowest BCUT2D eigenvalue weighted by molar-refractivity contribution is 0.669. The number of aromatic nitrogens is 3. The molecule has 11 rings (SSSR count). The van der Waals surface area contributed by atoms with Gasteiger partial charge in [-0.3, -0.25) is 0 Å². The van der Waals surface area contributed by atoms with Gasteiger partial charge in [0.05, 0.1) is 0 Å². The molecule has 0 bridgehead atoms. The minimum atomic E-state index is 0.593. The summed E-state index contributed by atoms with van der Waals surface area (Å²) in [5.41, 5.74) is 8.77. The number of hydrogen-bond acceptors (Lipinski definition) is 4. The van der Waals surface area contributed by atoms with Crippen molar-refractivity contribution in [2.45, 2.75) is 0 Å². The van der Waals surface area contributed by atoms with Crippen LogP contribution in [0.4, 0.5) is 0 Å². The summed E-state index contributed by atoms with van der Waals surface area (Å²) in [5, 5.41) is 9.45. The average molecular weight is 702 g/mol. The lowest BCUT2D eigenvalue weighted by Crippen LogP contribution is -2.01. The Labute approximate surface area is 317 Å². The van der Waals surface area contributed by atoms with Crippen LogP contribution in [-0.4, -0.2) is 15.0 Å². The summed E-state index contributed by atoms with van der Waals surface area (Å²) >= 11 is 0. The van der Waals surface area contributed by atoms with Crippen LogP contribution in [-0.2, 0) is 0 Å². The number of furan rings is 1. The van der Waals surface area contributed by atoms with Gasteiger partial charge in [-0.25, -0.2) is 15.0 Å². The Morgan fingerprint density at radius 2 is 0.891 bits per heavy atom. The van der Waals surface area contributed by atoms with Crippen LogP contribution in [0.15, 0.2) is 192 Å². The van der Waals surface area contributed by atoms with Gasteiger partial charge in [-0.15, -0.1) is 0 Å². The molecule has 9 aromatic carbocycles. The van der Waals surface area contributed by atoms with Crippen LogP contribution in [0.3, 0.4) is 0 Å². The van der Waals surface area contributed by atoms with Gasteiger partial charge in [-0.05, 0) is 78.8 Å². The van der Waals surface area contributed by atoms with Crippen molar-refractivity contribution in [2.24, 2.45) is 0 Å². The molecule has 11 aromatic rings. The molecule has 0 saturated heterocycles. The van der Waals surface area contributed by atoms with Crippen molar-refractivity contribution in [1.29, 1.82) is 0 Å². The summed E-state index contributed by atoms with van der Waals surface area (Å²) in [7, 11) is 0. The maximum absolute atomic E-state index is 6.50. The Morgan fingerprint density at radius 1 is 0.291 bits per heavy atom. The highest BCUT2D eigenvalue weighted by Crippen LogP contribution is 2.40. The fourth-order valence-electron chi connectivity index (χ4n) is 8.09. The smallest absolute Gasteiger partial charge is 0.164 e. The average Bonchev–Trinajstić information content (AvgIpc) is 3.65. The second-order valence-corrected chi connectivity index (χ2v) is 14.0. The van der Waals surface area contributed by atoms with Crippen molar-refractivity contribution in [1.82, 2.24) is 15.0 Å². The highest BCUT2D eigenvalue weighted by molar-refractivity contribution is 6.20. The first-order chi connectivity index (χ1) is 27.2. The molecule has 4 nitrogen and oxygen atoms in total. The molecule has 0 N–H and O–H groups in total. The molecule has 0 saturated carbocycles. The van der Waals surface area contributed by atoms with Crippen molar-refractivity contribution < 1.29 is 4.42 Å². The van der Waals surface area contributed by atoms with Crippen molar-refractivity contribution in [2.75, 3.05) is 0 Å². The zero-order valence-corrected chi connectivity index (χ0v) is 29.6. The van der Waals surface area contributed by atoms with Crippen LogP contribution in [0.1, 0.15) is 0 Å². The van der Waals surface area contributed by atoms with E-state index >= 15 is 0 Å². The van der Waals surface area contributed by atoms with E-state index in [0.29, 0.717) is 17.5 Å². The fourth-order valence-corrected chi connectivity index (χ4v) is 8.09. The minimum absolute atomic E-state index is 0.593. The van der Waals surface area contributed by atoms with Crippen molar-refractivity contribution in [3.63, 3.8) is 0 Å². The van der Waals surface area contributed by atoms with E-state index < -0.39 is 0 Å². The quantitative estimate of drug-likeness (QED) is 0.168. The monoisotopic (exact) mass is 701 g/mol. The van der Waals surface area contributed by atoms with Crippen LogP contribution in [0.25, 0.3) is 111 Å². The highest BCUT2D eigenvalue weighted by Gasteiger charge is 2.20. The first kappa shape index (κ1) is 31.1. The third-order valence-electron chi connectivity index (χ3n) is 10.7. The predicted molar refractivity (Wildman–Crippen MR) is 227 cm³/mol. The summed E-state index contributed by atoms with van der Waals surface area (Å²) in [4.78, 5) is 15.5. The van der Waals surface area contributed by atoms with Gasteiger partial charge < -0.3 is 4.42 Å². The summed E-state index contributed by atoms with van der Waals surface area (Å²) in [5.74, 6) is 1.82. The van der Waals surface area contributed by atoms with E-state index in [9.17, 15) is 0 Å². The molecule has 0 fully saturated rings. The molecule has 2 aromatic heterocycles. The molecule has 4 heteroatoms. The Balaban J connectivity index is 1.09. The van der Waals surface area contributed by atoms with Crippen LogP contribution < -0.4 is 0 Å². The second-order valence-electron chi connectivity index (χ2n) is 14.0. The van der Waals surface area contributed by atoms with Crippen molar-refractivity contribution in [3.05, 3.63) is 188 Å². The van der Waals surface area contributed by atoms with Gasteiger partial charge in [-0.1, -0.05) is 164 Å².